The molecule has 0 unspecified atom stereocenters. The van der Waals surface area contributed by atoms with Gasteiger partial charge in [0.1, 0.15) is 5.69 Å². The summed E-state index contributed by atoms with van der Waals surface area (Å²) in [7, 11) is 0. The van der Waals surface area contributed by atoms with Crippen LogP contribution in [0.5, 0.6) is 0 Å². The van der Waals surface area contributed by atoms with E-state index < -0.39 is 0 Å². The standard InChI is InChI=1S/C10H11BrN4O/c1-2-15-6-7(11)5-8(15)9(16)14-10-12-3-4-13-10/h3-6H,2H2,1H3,(H2,12,13,14,16). The summed E-state index contributed by atoms with van der Waals surface area (Å²) >= 11 is 3.35. The molecule has 0 aromatic carbocycles. The average molecular weight is 283 g/mol. The first-order chi connectivity index (χ1) is 7.70. The van der Waals surface area contributed by atoms with Crippen LogP contribution in [0.1, 0.15) is 17.4 Å². The van der Waals surface area contributed by atoms with Gasteiger partial charge in [0.2, 0.25) is 5.95 Å². The maximum absolute atomic E-state index is 11.9. The SMILES string of the molecule is CCn1cc(Br)cc1C(=O)Nc1ncc[nH]1. The van der Waals surface area contributed by atoms with Crippen LogP contribution in [0.2, 0.25) is 0 Å². The summed E-state index contributed by atoms with van der Waals surface area (Å²) in [5.41, 5.74) is 0.603. The molecule has 1 amide bonds. The number of H-pyrrole nitrogens is 1. The molecule has 0 aliphatic carbocycles. The van der Waals surface area contributed by atoms with E-state index in [0.717, 1.165) is 11.0 Å². The van der Waals surface area contributed by atoms with Gasteiger partial charge in [-0.25, -0.2) is 4.98 Å². The van der Waals surface area contributed by atoms with E-state index in [1.165, 1.54) is 0 Å². The molecule has 6 heteroatoms. The number of aromatic amines is 1. The lowest BCUT2D eigenvalue weighted by Gasteiger charge is -2.05. The number of anilines is 1. The molecule has 0 radical (unpaired) electrons. The van der Waals surface area contributed by atoms with Gasteiger partial charge in [0.05, 0.1) is 0 Å². The van der Waals surface area contributed by atoms with Crippen molar-refractivity contribution in [3.63, 3.8) is 0 Å². The third-order valence-corrected chi connectivity index (χ3v) is 2.60. The summed E-state index contributed by atoms with van der Waals surface area (Å²) in [6.45, 7) is 2.72. The summed E-state index contributed by atoms with van der Waals surface area (Å²) in [6.07, 6.45) is 5.12. The largest absolute Gasteiger partial charge is 0.343 e. The van der Waals surface area contributed by atoms with Crippen molar-refractivity contribution in [2.45, 2.75) is 13.5 Å². The quantitative estimate of drug-likeness (QED) is 0.907. The zero-order valence-corrected chi connectivity index (χ0v) is 10.3. The van der Waals surface area contributed by atoms with E-state index in [-0.39, 0.29) is 5.91 Å². The Kier molecular flexibility index (Phi) is 3.09. The van der Waals surface area contributed by atoms with Crippen LogP contribution >= 0.6 is 15.9 Å². The summed E-state index contributed by atoms with van der Waals surface area (Å²) < 4.78 is 2.75. The van der Waals surface area contributed by atoms with Gasteiger partial charge in [-0.05, 0) is 28.9 Å². The summed E-state index contributed by atoms with van der Waals surface area (Å²) in [4.78, 5) is 18.6. The number of aryl methyl sites for hydroxylation is 1. The number of amides is 1. The molecule has 0 fully saturated rings. The Hall–Kier alpha value is -1.56. The highest BCUT2D eigenvalue weighted by Gasteiger charge is 2.12. The predicted octanol–water partition coefficient (Wildman–Crippen LogP) is 2.25. The fraction of sp³-hybridized carbons (Fsp3) is 0.200. The summed E-state index contributed by atoms with van der Waals surface area (Å²) in [5.74, 6) is 0.271. The van der Waals surface area contributed by atoms with Crippen LogP contribution in [0.3, 0.4) is 0 Å². The van der Waals surface area contributed by atoms with Crippen LogP contribution < -0.4 is 5.32 Å². The third-order valence-electron chi connectivity index (χ3n) is 2.17. The molecule has 2 aromatic rings. The number of imidazole rings is 1. The second-order valence-electron chi connectivity index (χ2n) is 3.22. The molecule has 2 heterocycles. The number of halogens is 1. The van der Waals surface area contributed by atoms with Crippen LogP contribution in [0.4, 0.5) is 5.95 Å². The smallest absolute Gasteiger partial charge is 0.274 e. The number of rotatable bonds is 3. The van der Waals surface area contributed by atoms with Crippen LogP contribution in [0, 0.1) is 0 Å². The van der Waals surface area contributed by atoms with E-state index in [4.69, 9.17) is 0 Å². The van der Waals surface area contributed by atoms with Crippen molar-refractivity contribution in [1.29, 1.82) is 0 Å². The molecular weight excluding hydrogens is 272 g/mol. The minimum Gasteiger partial charge on any atom is -0.343 e. The molecule has 0 saturated heterocycles. The third kappa shape index (κ3) is 2.16. The molecule has 0 saturated carbocycles. The summed E-state index contributed by atoms with van der Waals surface area (Å²) in [6, 6.07) is 1.78. The van der Waals surface area contributed by atoms with E-state index in [0.29, 0.717) is 11.6 Å². The van der Waals surface area contributed by atoms with Crippen molar-refractivity contribution in [3.05, 3.63) is 34.8 Å². The number of nitrogens with zero attached hydrogens (tertiary/aromatic N) is 2. The van der Waals surface area contributed by atoms with Gasteiger partial charge in [-0.3, -0.25) is 10.1 Å². The van der Waals surface area contributed by atoms with Gasteiger partial charge in [0.15, 0.2) is 0 Å². The molecule has 0 bridgehead atoms. The predicted molar refractivity (Wildman–Crippen MR) is 64.3 cm³/mol. The van der Waals surface area contributed by atoms with Gasteiger partial charge in [0, 0.05) is 29.6 Å². The van der Waals surface area contributed by atoms with Gasteiger partial charge in [-0.2, -0.15) is 0 Å². The van der Waals surface area contributed by atoms with E-state index >= 15 is 0 Å². The second kappa shape index (κ2) is 4.52. The van der Waals surface area contributed by atoms with Crippen LogP contribution in [-0.2, 0) is 6.54 Å². The van der Waals surface area contributed by atoms with E-state index in [1.54, 1.807) is 18.5 Å². The Morgan fingerprint density at radius 1 is 1.69 bits per heavy atom. The lowest BCUT2D eigenvalue weighted by atomic mass is 10.4. The Morgan fingerprint density at radius 2 is 2.50 bits per heavy atom. The topological polar surface area (TPSA) is 62.7 Å². The monoisotopic (exact) mass is 282 g/mol. The zero-order valence-electron chi connectivity index (χ0n) is 8.70. The highest BCUT2D eigenvalue weighted by molar-refractivity contribution is 9.10. The van der Waals surface area contributed by atoms with Crippen LogP contribution in [0.25, 0.3) is 0 Å². The number of carbonyl (C=O) groups excluding carboxylic acids is 1. The fourth-order valence-electron chi connectivity index (χ4n) is 1.43. The Morgan fingerprint density at radius 3 is 3.12 bits per heavy atom. The Bertz CT molecular complexity index is 489. The molecule has 16 heavy (non-hydrogen) atoms. The maximum Gasteiger partial charge on any atom is 0.274 e. The molecule has 0 spiro atoms. The first kappa shape index (κ1) is 10.9. The molecular formula is C10H11BrN4O. The molecule has 0 atom stereocenters. The molecule has 2 N–H and O–H groups in total. The first-order valence-corrected chi connectivity index (χ1v) is 5.66. The molecule has 0 aliphatic rings. The first-order valence-electron chi connectivity index (χ1n) is 4.87. The van der Waals surface area contributed by atoms with Crippen molar-refractivity contribution in [1.82, 2.24) is 14.5 Å². The van der Waals surface area contributed by atoms with Gasteiger partial charge < -0.3 is 9.55 Å². The highest BCUT2D eigenvalue weighted by Crippen LogP contribution is 2.15. The number of carbonyl (C=O) groups is 1. The molecule has 5 nitrogen and oxygen atoms in total. The zero-order chi connectivity index (χ0) is 11.5. The van der Waals surface area contributed by atoms with Crippen molar-refractivity contribution < 1.29 is 4.79 Å². The highest BCUT2D eigenvalue weighted by atomic mass is 79.9. The number of nitrogens with one attached hydrogen (secondary N) is 2. The number of aromatic nitrogens is 3. The number of hydrogen-bond acceptors (Lipinski definition) is 2. The van der Waals surface area contributed by atoms with Gasteiger partial charge in [0.25, 0.3) is 5.91 Å². The fourth-order valence-corrected chi connectivity index (χ4v) is 1.90. The Labute approximate surface area is 101 Å². The average Bonchev–Trinajstić information content (AvgIpc) is 2.86. The summed E-state index contributed by atoms with van der Waals surface area (Å²) in [5, 5.41) is 2.68. The van der Waals surface area contributed by atoms with Gasteiger partial charge in [-0.1, -0.05) is 0 Å². The molecule has 0 aliphatic heterocycles. The van der Waals surface area contributed by atoms with Crippen molar-refractivity contribution in [3.8, 4) is 0 Å². The lowest BCUT2D eigenvalue weighted by molar-refractivity contribution is 0.101. The van der Waals surface area contributed by atoms with Crippen molar-refractivity contribution in [2.75, 3.05) is 5.32 Å². The molecule has 2 aromatic heterocycles. The normalized spacial score (nSPS) is 10.4. The lowest BCUT2D eigenvalue weighted by Crippen LogP contribution is -2.17. The van der Waals surface area contributed by atoms with Gasteiger partial charge >= 0.3 is 0 Å². The van der Waals surface area contributed by atoms with E-state index in [1.807, 2.05) is 17.7 Å². The number of hydrogen-bond donors (Lipinski definition) is 2. The second-order valence-corrected chi connectivity index (χ2v) is 4.14. The minimum absolute atomic E-state index is 0.178. The minimum atomic E-state index is -0.178. The van der Waals surface area contributed by atoms with Crippen LogP contribution in [-0.4, -0.2) is 20.4 Å². The molecule has 2 rings (SSSR count). The Balaban J connectivity index is 2.20. The van der Waals surface area contributed by atoms with Crippen LogP contribution in [0.15, 0.2) is 29.1 Å². The van der Waals surface area contributed by atoms with E-state index in [9.17, 15) is 4.79 Å². The molecule has 84 valence electrons. The van der Waals surface area contributed by atoms with Crippen molar-refractivity contribution >= 4 is 27.8 Å². The van der Waals surface area contributed by atoms with E-state index in [2.05, 4.69) is 31.2 Å². The van der Waals surface area contributed by atoms with Gasteiger partial charge in [-0.15, -0.1) is 0 Å². The van der Waals surface area contributed by atoms with Crippen molar-refractivity contribution in [2.24, 2.45) is 0 Å². The maximum atomic E-state index is 11.9.